The van der Waals surface area contributed by atoms with Crippen LogP contribution >= 0.6 is 0 Å². The molecule has 2 saturated heterocycles. The van der Waals surface area contributed by atoms with Crippen molar-refractivity contribution < 1.29 is 28.7 Å². The maximum Gasteiger partial charge on any atom is 0.316 e. The summed E-state index contributed by atoms with van der Waals surface area (Å²) in [5.74, 6) is -0.176. The number of amides is 3. The van der Waals surface area contributed by atoms with E-state index >= 15 is 0 Å². The van der Waals surface area contributed by atoms with E-state index in [9.17, 15) is 19.2 Å². The van der Waals surface area contributed by atoms with Crippen LogP contribution in [0.2, 0.25) is 0 Å². The number of hydrogen-bond acceptors (Lipinski definition) is 6. The third-order valence-electron chi connectivity index (χ3n) is 8.06. The van der Waals surface area contributed by atoms with Crippen molar-refractivity contribution in [2.75, 3.05) is 23.5 Å². The van der Waals surface area contributed by atoms with Gasteiger partial charge in [0.2, 0.25) is 17.7 Å². The second-order valence-corrected chi connectivity index (χ2v) is 9.92. The Kier molecular flexibility index (Phi) is 5.12. The number of carbonyl (C=O) groups excluding carboxylic acids is 4. The maximum atomic E-state index is 13.0. The highest BCUT2D eigenvalue weighted by molar-refractivity contribution is 6.22. The molecule has 2 saturated carbocycles. The smallest absolute Gasteiger partial charge is 0.316 e. The predicted molar refractivity (Wildman–Crippen MR) is 126 cm³/mol. The SMILES string of the molecule is COc1cccc(N2CC(C(=O)Oc3ccc(N4C(=O)C5C6CCC(C6)C5C4=O)cc3)CC2=O)c1. The number of rotatable bonds is 5. The summed E-state index contributed by atoms with van der Waals surface area (Å²) in [5, 5.41) is 0. The first-order valence-corrected chi connectivity index (χ1v) is 12.1. The molecule has 5 unspecified atom stereocenters. The third-order valence-corrected chi connectivity index (χ3v) is 8.06. The highest BCUT2D eigenvalue weighted by atomic mass is 16.5. The molecule has 5 atom stereocenters. The zero-order valence-corrected chi connectivity index (χ0v) is 19.4. The van der Waals surface area contributed by atoms with E-state index in [-0.39, 0.29) is 42.5 Å². The Morgan fingerprint density at radius 2 is 1.57 bits per heavy atom. The summed E-state index contributed by atoms with van der Waals surface area (Å²) in [4.78, 5) is 54.2. The van der Waals surface area contributed by atoms with Gasteiger partial charge in [0.25, 0.3) is 0 Å². The molecule has 2 aliphatic heterocycles. The van der Waals surface area contributed by atoms with E-state index in [0.29, 0.717) is 34.7 Å². The lowest BCUT2D eigenvalue weighted by Gasteiger charge is -2.19. The number of fused-ring (bicyclic) bond motifs is 5. The number of carbonyl (C=O) groups is 4. The van der Waals surface area contributed by atoms with E-state index in [1.165, 1.54) is 4.90 Å². The molecule has 2 aromatic rings. The van der Waals surface area contributed by atoms with Gasteiger partial charge in [-0.25, -0.2) is 0 Å². The van der Waals surface area contributed by atoms with E-state index in [4.69, 9.17) is 9.47 Å². The van der Waals surface area contributed by atoms with Gasteiger partial charge in [0.15, 0.2) is 0 Å². The lowest BCUT2D eigenvalue weighted by Crippen LogP contribution is -2.32. The van der Waals surface area contributed by atoms with Crippen LogP contribution in [0, 0.1) is 29.6 Å². The highest BCUT2D eigenvalue weighted by Gasteiger charge is 2.61. The van der Waals surface area contributed by atoms with Crippen molar-refractivity contribution in [2.24, 2.45) is 29.6 Å². The summed E-state index contributed by atoms with van der Waals surface area (Å²) in [6, 6.07) is 13.6. The zero-order valence-electron chi connectivity index (χ0n) is 19.4. The van der Waals surface area contributed by atoms with Crippen LogP contribution in [0.3, 0.4) is 0 Å². The average molecular weight is 475 g/mol. The molecule has 2 aliphatic carbocycles. The number of imide groups is 1. The number of anilines is 2. The first-order chi connectivity index (χ1) is 16.9. The Bertz CT molecular complexity index is 1200. The molecule has 8 heteroatoms. The van der Waals surface area contributed by atoms with Gasteiger partial charge in [-0.2, -0.15) is 0 Å². The number of hydrogen-bond donors (Lipinski definition) is 0. The minimum absolute atomic E-state index is 0.0655. The molecule has 2 bridgehead atoms. The molecule has 0 radical (unpaired) electrons. The van der Waals surface area contributed by atoms with Gasteiger partial charge < -0.3 is 14.4 Å². The van der Waals surface area contributed by atoms with Crippen molar-refractivity contribution >= 4 is 35.1 Å². The van der Waals surface area contributed by atoms with Crippen molar-refractivity contribution in [2.45, 2.75) is 25.7 Å². The standard InChI is InChI=1S/C27H26N2O6/c1-34-21-4-2-3-19(13-21)28-14-17(12-22(28)30)27(33)35-20-9-7-18(8-10-20)29-25(31)23-15-5-6-16(11-15)24(23)26(29)32/h2-4,7-10,13,15-17,23-24H,5-6,11-12,14H2,1H3. The summed E-state index contributed by atoms with van der Waals surface area (Å²) in [6.45, 7) is 0.227. The number of methoxy groups -OCH3 is 1. The highest BCUT2D eigenvalue weighted by Crippen LogP contribution is 2.56. The maximum absolute atomic E-state index is 13.0. The van der Waals surface area contributed by atoms with Gasteiger partial charge in [0.1, 0.15) is 11.5 Å². The fourth-order valence-electron chi connectivity index (χ4n) is 6.42. The lowest BCUT2D eigenvalue weighted by molar-refractivity contribution is -0.139. The molecule has 0 N–H and O–H groups in total. The molecule has 2 aromatic carbocycles. The molecule has 35 heavy (non-hydrogen) atoms. The Morgan fingerprint density at radius 3 is 2.23 bits per heavy atom. The molecular formula is C27H26N2O6. The molecule has 2 heterocycles. The van der Waals surface area contributed by atoms with Gasteiger partial charge in [-0.1, -0.05) is 6.07 Å². The van der Waals surface area contributed by atoms with Gasteiger partial charge in [-0.3, -0.25) is 24.1 Å². The predicted octanol–water partition coefficient (Wildman–Crippen LogP) is 3.19. The van der Waals surface area contributed by atoms with Crippen LogP contribution in [-0.2, 0) is 19.2 Å². The second-order valence-electron chi connectivity index (χ2n) is 9.92. The van der Waals surface area contributed by atoms with Gasteiger partial charge in [-0.05, 0) is 67.5 Å². The summed E-state index contributed by atoms with van der Waals surface area (Å²) in [5.41, 5.74) is 1.18. The van der Waals surface area contributed by atoms with Crippen molar-refractivity contribution in [3.05, 3.63) is 48.5 Å². The Morgan fingerprint density at radius 1 is 0.886 bits per heavy atom. The molecule has 4 fully saturated rings. The van der Waals surface area contributed by atoms with E-state index in [0.717, 1.165) is 19.3 Å². The van der Waals surface area contributed by atoms with Gasteiger partial charge in [-0.15, -0.1) is 0 Å². The quantitative estimate of drug-likeness (QED) is 0.375. The van der Waals surface area contributed by atoms with Crippen LogP contribution in [0.15, 0.2) is 48.5 Å². The fraction of sp³-hybridized carbons (Fsp3) is 0.407. The summed E-state index contributed by atoms with van der Waals surface area (Å²) >= 11 is 0. The molecule has 0 spiro atoms. The van der Waals surface area contributed by atoms with E-state index in [1.807, 2.05) is 0 Å². The molecule has 3 amide bonds. The van der Waals surface area contributed by atoms with Crippen molar-refractivity contribution in [3.8, 4) is 11.5 Å². The minimum Gasteiger partial charge on any atom is -0.497 e. The minimum atomic E-state index is -0.593. The van der Waals surface area contributed by atoms with Crippen molar-refractivity contribution in [3.63, 3.8) is 0 Å². The van der Waals surface area contributed by atoms with Gasteiger partial charge in [0, 0.05) is 24.7 Å². The third kappa shape index (κ3) is 3.50. The number of benzene rings is 2. The van der Waals surface area contributed by atoms with Crippen molar-refractivity contribution in [1.82, 2.24) is 0 Å². The Balaban J connectivity index is 1.12. The first-order valence-electron chi connectivity index (χ1n) is 12.1. The molecule has 6 rings (SSSR count). The van der Waals surface area contributed by atoms with Crippen LogP contribution in [0.4, 0.5) is 11.4 Å². The first kappa shape index (κ1) is 21.8. The van der Waals surface area contributed by atoms with Crippen molar-refractivity contribution in [1.29, 1.82) is 0 Å². The van der Waals surface area contributed by atoms with E-state index < -0.39 is 11.9 Å². The van der Waals surface area contributed by atoms with Crippen LogP contribution in [0.25, 0.3) is 0 Å². The average Bonchev–Trinajstić information content (AvgIpc) is 3.63. The zero-order chi connectivity index (χ0) is 24.3. The Hall–Kier alpha value is -3.68. The topological polar surface area (TPSA) is 93.2 Å². The summed E-state index contributed by atoms with van der Waals surface area (Å²) in [6.07, 6.45) is 3.13. The lowest BCUT2D eigenvalue weighted by atomic mass is 9.81. The van der Waals surface area contributed by atoms with E-state index in [1.54, 1.807) is 60.5 Å². The molecule has 4 aliphatic rings. The normalized spacial score (nSPS) is 29.2. The molecular weight excluding hydrogens is 448 g/mol. The van der Waals surface area contributed by atoms with Crippen LogP contribution in [0.1, 0.15) is 25.7 Å². The largest absolute Gasteiger partial charge is 0.497 e. The monoisotopic (exact) mass is 474 g/mol. The van der Waals surface area contributed by atoms with Crippen LogP contribution < -0.4 is 19.3 Å². The molecule has 180 valence electrons. The van der Waals surface area contributed by atoms with Gasteiger partial charge in [0.05, 0.1) is 30.6 Å². The van der Waals surface area contributed by atoms with Crippen LogP contribution in [-0.4, -0.2) is 37.3 Å². The summed E-state index contributed by atoms with van der Waals surface area (Å²) < 4.78 is 10.8. The summed E-state index contributed by atoms with van der Waals surface area (Å²) in [7, 11) is 1.56. The molecule has 0 aromatic heterocycles. The second kappa shape index (κ2) is 8.22. The van der Waals surface area contributed by atoms with E-state index in [2.05, 4.69) is 0 Å². The number of ether oxygens (including phenoxy) is 2. The number of nitrogens with zero attached hydrogens (tertiary/aromatic N) is 2. The Labute approximate surface area is 202 Å². The van der Waals surface area contributed by atoms with Gasteiger partial charge >= 0.3 is 5.97 Å². The molecule has 8 nitrogen and oxygen atoms in total. The fourth-order valence-corrected chi connectivity index (χ4v) is 6.42. The number of esters is 1. The van der Waals surface area contributed by atoms with Crippen LogP contribution in [0.5, 0.6) is 11.5 Å².